The number of aryl methyl sites for hydroxylation is 1. The van der Waals surface area contributed by atoms with E-state index in [2.05, 4.69) is 15.0 Å². The van der Waals surface area contributed by atoms with Crippen molar-refractivity contribution in [2.24, 2.45) is 5.92 Å². The minimum absolute atomic E-state index is 0.125. The Balaban J connectivity index is 1.58. The quantitative estimate of drug-likeness (QED) is 0.738. The van der Waals surface area contributed by atoms with Crippen LogP contribution in [0.1, 0.15) is 19.3 Å². The summed E-state index contributed by atoms with van der Waals surface area (Å²) < 4.78 is 1.69. The molecule has 2 bridgehead atoms. The molecular weight excluding hydrogens is 308 g/mol. The van der Waals surface area contributed by atoms with E-state index in [0.29, 0.717) is 25.4 Å². The zero-order valence-electron chi connectivity index (χ0n) is 14.5. The predicted octanol–water partition coefficient (Wildman–Crippen LogP) is -0.321. The molecule has 2 amide bonds. The second-order valence-electron chi connectivity index (χ2n) is 7.03. The summed E-state index contributed by atoms with van der Waals surface area (Å²) in [6.07, 6.45) is 5.74. The first-order valence-corrected chi connectivity index (χ1v) is 8.57. The van der Waals surface area contributed by atoms with Crippen LogP contribution in [0.25, 0.3) is 0 Å². The highest BCUT2D eigenvalue weighted by Gasteiger charge is 2.37. The van der Waals surface area contributed by atoms with Gasteiger partial charge < -0.3 is 9.80 Å². The highest BCUT2D eigenvalue weighted by atomic mass is 16.2. The molecule has 4 heterocycles. The standard InChI is InChI=1S/C16H26N6O2/c1-19(2)16(24)10-20-7-13-3-4-14(9-20)22(8-13)15(23)5-6-21-12-17-11-18-21/h11-14H,3-10H2,1-2H3/t13-,14+/m1/s1. The Labute approximate surface area is 142 Å². The molecule has 3 aliphatic heterocycles. The van der Waals surface area contributed by atoms with Crippen LogP contribution in [0.3, 0.4) is 0 Å². The fraction of sp³-hybridized carbons (Fsp3) is 0.750. The van der Waals surface area contributed by atoms with Gasteiger partial charge in [-0.3, -0.25) is 19.2 Å². The fourth-order valence-electron chi connectivity index (χ4n) is 3.65. The summed E-state index contributed by atoms with van der Waals surface area (Å²) in [5, 5.41) is 4.05. The second-order valence-corrected chi connectivity index (χ2v) is 7.03. The molecule has 0 spiro atoms. The lowest BCUT2D eigenvalue weighted by molar-refractivity contribution is -0.135. The Morgan fingerprint density at radius 3 is 2.75 bits per heavy atom. The first-order chi connectivity index (χ1) is 11.5. The van der Waals surface area contributed by atoms with Gasteiger partial charge in [-0.05, 0) is 18.8 Å². The summed E-state index contributed by atoms with van der Waals surface area (Å²) in [4.78, 5) is 34.4. The summed E-state index contributed by atoms with van der Waals surface area (Å²) in [6.45, 7) is 3.53. The van der Waals surface area contributed by atoms with Crippen molar-refractivity contribution >= 4 is 11.8 Å². The van der Waals surface area contributed by atoms with Crippen molar-refractivity contribution in [1.82, 2.24) is 29.5 Å². The van der Waals surface area contributed by atoms with Gasteiger partial charge in [0.25, 0.3) is 0 Å². The van der Waals surface area contributed by atoms with E-state index < -0.39 is 0 Å². The van der Waals surface area contributed by atoms with Gasteiger partial charge in [-0.25, -0.2) is 4.98 Å². The minimum Gasteiger partial charge on any atom is -0.348 e. The molecular formula is C16H26N6O2. The molecule has 0 aromatic carbocycles. The maximum atomic E-state index is 12.6. The number of fused-ring (bicyclic) bond motifs is 4. The van der Waals surface area contributed by atoms with Crippen LogP contribution in [0.4, 0.5) is 0 Å². The van der Waals surface area contributed by atoms with Crippen LogP contribution < -0.4 is 0 Å². The first kappa shape index (κ1) is 16.9. The lowest BCUT2D eigenvalue weighted by atomic mass is 9.95. The number of hydrogen-bond acceptors (Lipinski definition) is 5. The van der Waals surface area contributed by atoms with E-state index in [1.54, 1.807) is 30.0 Å². The van der Waals surface area contributed by atoms with Crippen molar-refractivity contribution in [3.63, 3.8) is 0 Å². The zero-order chi connectivity index (χ0) is 17.1. The van der Waals surface area contributed by atoms with Crippen LogP contribution in [0, 0.1) is 5.92 Å². The number of carbonyl (C=O) groups is 2. The van der Waals surface area contributed by atoms with Crippen molar-refractivity contribution in [1.29, 1.82) is 0 Å². The van der Waals surface area contributed by atoms with Crippen LogP contribution >= 0.6 is 0 Å². The van der Waals surface area contributed by atoms with E-state index in [1.807, 2.05) is 4.90 Å². The molecule has 24 heavy (non-hydrogen) atoms. The molecule has 8 nitrogen and oxygen atoms in total. The lowest BCUT2D eigenvalue weighted by Gasteiger charge is -2.36. The van der Waals surface area contributed by atoms with Crippen molar-refractivity contribution in [3.05, 3.63) is 12.7 Å². The van der Waals surface area contributed by atoms with Gasteiger partial charge in [0.1, 0.15) is 12.7 Å². The molecule has 1 aromatic rings. The topological polar surface area (TPSA) is 74.6 Å². The molecule has 4 rings (SSSR count). The molecule has 2 atom stereocenters. The maximum absolute atomic E-state index is 12.6. The third kappa shape index (κ3) is 3.92. The average molecular weight is 334 g/mol. The van der Waals surface area contributed by atoms with Gasteiger partial charge in [0.2, 0.25) is 11.8 Å². The van der Waals surface area contributed by atoms with Crippen molar-refractivity contribution in [2.75, 3.05) is 40.3 Å². The van der Waals surface area contributed by atoms with E-state index in [1.165, 1.54) is 6.33 Å². The van der Waals surface area contributed by atoms with Crippen LogP contribution in [0.2, 0.25) is 0 Å². The maximum Gasteiger partial charge on any atom is 0.236 e. The number of likely N-dealkylation sites (N-methyl/N-ethyl adjacent to an activating group) is 1. The van der Waals surface area contributed by atoms with Gasteiger partial charge in [-0.15, -0.1) is 0 Å². The predicted molar refractivity (Wildman–Crippen MR) is 88.0 cm³/mol. The summed E-state index contributed by atoms with van der Waals surface area (Å²) in [7, 11) is 3.57. The highest BCUT2D eigenvalue weighted by molar-refractivity contribution is 5.78. The molecule has 3 saturated heterocycles. The van der Waals surface area contributed by atoms with Crippen molar-refractivity contribution in [3.8, 4) is 0 Å². The molecule has 0 saturated carbocycles. The lowest BCUT2D eigenvalue weighted by Crippen LogP contribution is -2.48. The SMILES string of the molecule is CN(C)C(=O)CN1C[C@H]2CC[C@@H](C1)N(C(=O)CCn1cncn1)C2. The Bertz CT molecular complexity index is 573. The van der Waals surface area contributed by atoms with Crippen LogP contribution in [-0.2, 0) is 16.1 Å². The van der Waals surface area contributed by atoms with E-state index in [-0.39, 0.29) is 17.9 Å². The summed E-state index contributed by atoms with van der Waals surface area (Å²) in [5.41, 5.74) is 0. The zero-order valence-corrected chi connectivity index (χ0v) is 14.5. The molecule has 0 aliphatic carbocycles. The Hall–Kier alpha value is -1.96. The van der Waals surface area contributed by atoms with Gasteiger partial charge in [0.15, 0.2) is 0 Å². The number of carbonyl (C=O) groups excluding carboxylic acids is 2. The van der Waals surface area contributed by atoms with Gasteiger partial charge in [-0.1, -0.05) is 0 Å². The van der Waals surface area contributed by atoms with Crippen LogP contribution in [0.5, 0.6) is 0 Å². The van der Waals surface area contributed by atoms with Gasteiger partial charge in [-0.2, -0.15) is 5.10 Å². The Morgan fingerprint density at radius 1 is 1.21 bits per heavy atom. The fourth-order valence-corrected chi connectivity index (χ4v) is 3.65. The van der Waals surface area contributed by atoms with Gasteiger partial charge in [0.05, 0.1) is 13.1 Å². The Kier molecular flexibility index (Phi) is 5.13. The van der Waals surface area contributed by atoms with E-state index >= 15 is 0 Å². The molecule has 132 valence electrons. The molecule has 1 aromatic heterocycles. The van der Waals surface area contributed by atoms with E-state index in [9.17, 15) is 9.59 Å². The highest BCUT2D eigenvalue weighted by Crippen LogP contribution is 2.28. The number of aromatic nitrogens is 3. The third-order valence-corrected chi connectivity index (χ3v) is 4.99. The Morgan fingerprint density at radius 2 is 2.04 bits per heavy atom. The molecule has 3 aliphatic rings. The van der Waals surface area contributed by atoms with Crippen molar-refractivity contribution < 1.29 is 9.59 Å². The van der Waals surface area contributed by atoms with Gasteiger partial charge >= 0.3 is 0 Å². The smallest absolute Gasteiger partial charge is 0.236 e. The van der Waals surface area contributed by atoms with E-state index in [0.717, 1.165) is 32.5 Å². The van der Waals surface area contributed by atoms with Crippen LogP contribution in [-0.4, -0.2) is 87.6 Å². The molecule has 8 heteroatoms. The van der Waals surface area contributed by atoms with Crippen molar-refractivity contribution in [2.45, 2.75) is 31.8 Å². The summed E-state index contributed by atoms with van der Waals surface area (Å²) >= 11 is 0. The van der Waals surface area contributed by atoms with Gasteiger partial charge in [0, 0.05) is 46.2 Å². The monoisotopic (exact) mass is 334 g/mol. The largest absolute Gasteiger partial charge is 0.348 e. The van der Waals surface area contributed by atoms with Crippen LogP contribution in [0.15, 0.2) is 12.7 Å². The molecule has 0 N–H and O–H groups in total. The third-order valence-electron chi connectivity index (χ3n) is 4.99. The number of nitrogens with zero attached hydrogens (tertiary/aromatic N) is 6. The minimum atomic E-state index is 0.125. The first-order valence-electron chi connectivity index (χ1n) is 8.57. The normalized spacial score (nSPS) is 24.0. The summed E-state index contributed by atoms with van der Waals surface area (Å²) in [6, 6.07) is 0.224. The number of amides is 2. The molecule has 3 fully saturated rings. The summed E-state index contributed by atoms with van der Waals surface area (Å²) in [5.74, 6) is 0.773. The number of piperidine rings is 1. The molecule has 0 radical (unpaired) electrons. The second kappa shape index (κ2) is 7.29. The van der Waals surface area contributed by atoms with E-state index in [4.69, 9.17) is 0 Å². The number of rotatable bonds is 5. The molecule has 0 unspecified atom stereocenters. The number of hydrogen-bond donors (Lipinski definition) is 0. The average Bonchev–Trinajstić information content (AvgIpc) is 2.93.